The van der Waals surface area contributed by atoms with Crippen LogP contribution in [0.3, 0.4) is 0 Å². The molecule has 2 rings (SSSR count). The van der Waals surface area contributed by atoms with E-state index in [1.54, 1.807) is 19.9 Å². The zero-order chi connectivity index (χ0) is 17.9. The Labute approximate surface area is 150 Å². The molecule has 0 saturated heterocycles. The second-order valence-electron chi connectivity index (χ2n) is 5.26. The molecule has 0 saturated carbocycles. The quantitative estimate of drug-likeness (QED) is 0.623. The molecule has 0 bridgehead atoms. The molecule has 2 aromatic carbocycles. The normalized spacial score (nSPS) is 11.5. The van der Waals surface area contributed by atoms with Crippen molar-refractivity contribution < 1.29 is 17.9 Å². The third-order valence-corrected chi connectivity index (χ3v) is 5.09. The molecule has 1 N–H and O–H groups in total. The Morgan fingerprint density at radius 3 is 2.25 bits per heavy atom. The number of nitrogens with one attached hydrogen (secondary N) is 1. The van der Waals surface area contributed by atoms with Gasteiger partial charge in [-0.1, -0.05) is 23.2 Å². The molecule has 0 amide bonds. The van der Waals surface area contributed by atoms with Crippen molar-refractivity contribution in [3.05, 3.63) is 58.1 Å². The number of hydrogen-bond donors (Lipinski definition) is 1. The third kappa shape index (κ3) is 4.70. The van der Waals surface area contributed by atoms with E-state index in [0.29, 0.717) is 5.02 Å². The van der Waals surface area contributed by atoms with Crippen molar-refractivity contribution >= 4 is 39.2 Å². The Kier molecular flexibility index (Phi) is 5.87. The fraction of sp³-hybridized carbons (Fsp3) is 0.188. The number of sulfonamides is 1. The molecule has 0 radical (unpaired) electrons. The molecule has 128 valence electrons. The van der Waals surface area contributed by atoms with Crippen molar-refractivity contribution in [1.82, 2.24) is 4.72 Å². The first-order valence-electron chi connectivity index (χ1n) is 6.98. The van der Waals surface area contributed by atoms with Crippen molar-refractivity contribution in [2.24, 2.45) is 0 Å². The van der Waals surface area contributed by atoms with Crippen LogP contribution in [0.5, 0.6) is 5.75 Å². The molecule has 0 aromatic heterocycles. The fourth-order valence-electron chi connectivity index (χ4n) is 1.87. The number of rotatable bonds is 5. The Morgan fingerprint density at radius 2 is 1.71 bits per heavy atom. The van der Waals surface area contributed by atoms with E-state index in [1.165, 1.54) is 36.4 Å². The van der Waals surface area contributed by atoms with Crippen LogP contribution in [0.1, 0.15) is 24.2 Å². The highest BCUT2D eigenvalue weighted by Gasteiger charge is 2.17. The highest BCUT2D eigenvalue weighted by atomic mass is 35.5. The van der Waals surface area contributed by atoms with Crippen molar-refractivity contribution in [1.29, 1.82) is 0 Å². The summed E-state index contributed by atoms with van der Waals surface area (Å²) in [6.45, 7) is 3.44. The Balaban J connectivity index is 2.17. The summed E-state index contributed by atoms with van der Waals surface area (Å²) in [4.78, 5) is 12.2. The number of halogens is 2. The second-order valence-corrected chi connectivity index (χ2v) is 7.82. The highest BCUT2D eigenvalue weighted by Crippen LogP contribution is 2.28. The molecule has 0 aliphatic rings. The Morgan fingerprint density at radius 1 is 1.08 bits per heavy atom. The van der Waals surface area contributed by atoms with Gasteiger partial charge in [-0.3, -0.25) is 0 Å². The molecule has 0 unspecified atom stereocenters. The molecule has 24 heavy (non-hydrogen) atoms. The summed E-state index contributed by atoms with van der Waals surface area (Å²) in [6.07, 6.45) is 0. The number of carbonyl (C=O) groups excluding carboxylic acids is 1. The molecule has 0 heterocycles. The molecule has 0 aliphatic heterocycles. The van der Waals surface area contributed by atoms with Gasteiger partial charge in [-0.05, 0) is 56.3 Å². The molecule has 0 aliphatic carbocycles. The summed E-state index contributed by atoms with van der Waals surface area (Å²) in [5.41, 5.74) is 0.199. The van der Waals surface area contributed by atoms with Crippen LogP contribution in [0.4, 0.5) is 0 Å². The van der Waals surface area contributed by atoms with Crippen LogP contribution in [0.2, 0.25) is 10.0 Å². The summed E-state index contributed by atoms with van der Waals surface area (Å²) in [5, 5.41) is 0.628. The van der Waals surface area contributed by atoms with Crippen LogP contribution in [0.25, 0.3) is 0 Å². The number of esters is 1. The molecule has 8 heteroatoms. The van der Waals surface area contributed by atoms with Crippen molar-refractivity contribution in [2.45, 2.75) is 24.8 Å². The van der Waals surface area contributed by atoms with Gasteiger partial charge in [-0.25, -0.2) is 17.9 Å². The smallest absolute Gasteiger partial charge is 0.343 e. The van der Waals surface area contributed by atoms with E-state index in [1.807, 2.05) is 0 Å². The number of ether oxygens (including phenoxy) is 1. The minimum Gasteiger partial charge on any atom is -0.421 e. The average molecular weight is 388 g/mol. The molecule has 0 atom stereocenters. The van der Waals surface area contributed by atoms with E-state index in [4.69, 9.17) is 27.9 Å². The summed E-state index contributed by atoms with van der Waals surface area (Å²) in [6, 6.07) is 9.68. The molecular weight excluding hydrogens is 373 g/mol. The van der Waals surface area contributed by atoms with Crippen LogP contribution in [0.15, 0.2) is 47.4 Å². The lowest BCUT2D eigenvalue weighted by atomic mass is 10.2. The predicted octanol–water partition coefficient (Wildman–Crippen LogP) is 3.90. The molecular formula is C16H15Cl2NO4S. The van der Waals surface area contributed by atoms with Gasteiger partial charge >= 0.3 is 5.97 Å². The number of benzene rings is 2. The van der Waals surface area contributed by atoms with Crippen molar-refractivity contribution in [3.8, 4) is 5.75 Å². The van der Waals surface area contributed by atoms with Gasteiger partial charge in [0.2, 0.25) is 10.0 Å². The zero-order valence-electron chi connectivity index (χ0n) is 12.9. The maximum absolute atomic E-state index is 12.1. The predicted molar refractivity (Wildman–Crippen MR) is 93.3 cm³/mol. The van der Waals surface area contributed by atoms with Crippen LogP contribution in [-0.2, 0) is 10.0 Å². The first-order valence-corrected chi connectivity index (χ1v) is 9.22. The van der Waals surface area contributed by atoms with E-state index >= 15 is 0 Å². The lowest BCUT2D eigenvalue weighted by Crippen LogP contribution is -2.30. The molecule has 0 spiro atoms. The third-order valence-electron chi connectivity index (χ3n) is 2.89. The SMILES string of the molecule is CC(C)NS(=O)(=O)c1ccc(C(=O)Oc2ccc(Cl)cc2Cl)cc1. The summed E-state index contributed by atoms with van der Waals surface area (Å²) in [5.74, 6) is -0.482. The largest absolute Gasteiger partial charge is 0.421 e. The highest BCUT2D eigenvalue weighted by molar-refractivity contribution is 7.89. The lowest BCUT2D eigenvalue weighted by Gasteiger charge is -2.10. The number of carbonyl (C=O) groups is 1. The molecule has 2 aromatic rings. The first-order chi connectivity index (χ1) is 11.2. The molecule has 0 fully saturated rings. The van der Waals surface area contributed by atoms with E-state index < -0.39 is 16.0 Å². The van der Waals surface area contributed by atoms with Gasteiger partial charge in [0.05, 0.1) is 15.5 Å². The van der Waals surface area contributed by atoms with Crippen LogP contribution in [0, 0.1) is 0 Å². The van der Waals surface area contributed by atoms with Gasteiger partial charge < -0.3 is 4.74 Å². The topological polar surface area (TPSA) is 72.5 Å². The van der Waals surface area contributed by atoms with Crippen LogP contribution >= 0.6 is 23.2 Å². The second kappa shape index (κ2) is 7.53. The van der Waals surface area contributed by atoms with Crippen LogP contribution < -0.4 is 9.46 Å². The summed E-state index contributed by atoms with van der Waals surface area (Å²) >= 11 is 11.7. The van der Waals surface area contributed by atoms with Crippen LogP contribution in [-0.4, -0.2) is 20.4 Å². The van der Waals surface area contributed by atoms with Crippen molar-refractivity contribution in [3.63, 3.8) is 0 Å². The van der Waals surface area contributed by atoms with Gasteiger partial charge in [0, 0.05) is 11.1 Å². The maximum Gasteiger partial charge on any atom is 0.343 e. The fourth-order valence-corrected chi connectivity index (χ4v) is 3.56. The van der Waals surface area contributed by atoms with Gasteiger partial charge in [0.15, 0.2) is 0 Å². The monoisotopic (exact) mass is 387 g/mol. The van der Waals surface area contributed by atoms with E-state index in [-0.39, 0.29) is 27.3 Å². The van der Waals surface area contributed by atoms with Crippen molar-refractivity contribution in [2.75, 3.05) is 0 Å². The standard InChI is InChI=1S/C16H15Cl2NO4S/c1-10(2)19-24(21,22)13-6-3-11(4-7-13)16(20)23-15-8-5-12(17)9-14(15)18/h3-10,19H,1-2H3. The Bertz CT molecular complexity index is 849. The minimum atomic E-state index is -3.61. The van der Waals surface area contributed by atoms with E-state index in [0.717, 1.165) is 0 Å². The first kappa shape index (κ1) is 18.7. The van der Waals surface area contributed by atoms with Gasteiger partial charge in [0.1, 0.15) is 5.75 Å². The van der Waals surface area contributed by atoms with Gasteiger partial charge in [0.25, 0.3) is 0 Å². The average Bonchev–Trinajstić information content (AvgIpc) is 2.49. The zero-order valence-corrected chi connectivity index (χ0v) is 15.2. The Hall–Kier alpha value is -1.60. The number of hydrogen-bond acceptors (Lipinski definition) is 4. The molecule has 5 nitrogen and oxygen atoms in total. The van der Waals surface area contributed by atoms with E-state index in [9.17, 15) is 13.2 Å². The van der Waals surface area contributed by atoms with E-state index in [2.05, 4.69) is 4.72 Å². The lowest BCUT2D eigenvalue weighted by molar-refractivity contribution is 0.0734. The minimum absolute atomic E-state index is 0.0669. The maximum atomic E-state index is 12.1. The van der Waals surface area contributed by atoms with Gasteiger partial charge in [-0.15, -0.1) is 0 Å². The summed E-state index contributed by atoms with van der Waals surface area (Å²) < 4.78 is 31.7. The summed E-state index contributed by atoms with van der Waals surface area (Å²) in [7, 11) is -3.61. The van der Waals surface area contributed by atoms with Gasteiger partial charge in [-0.2, -0.15) is 0 Å².